The number of methoxy groups -OCH3 is 2. The van der Waals surface area contributed by atoms with Crippen molar-refractivity contribution >= 4 is 5.84 Å². The molecule has 7 heteroatoms. The van der Waals surface area contributed by atoms with Gasteiger partial charge in [-0.3, -0.25) is 4.99 Å². The smallest absolute Gasteiger partial charge is 0.143 e. The minimum absolute atomic E-state index is 0.219. The summed E-state index contributed by atoms with van der Waals surface area (Å²) in [5.41, 5.74) is 8.81. The molecule has 7 nitrogen and oxygen atoms in total. The maximum absolute atomic E-state index is 5.70. The highest BCUT2D eigenvalue weighted by Crippen LogP contribution is 2.76. The summed E-state index contributed by atoms with van der Waals surface area (Å²) in [5.74, 6) is 1.97. The lowest BCUT2D eigenvalue weighted by atomic mass is 9.76. The number of nitrogens with zero attached hydrogens (tertiary/aromatic N) is 4. The molecule has 2 aliphatic heterocycles. The quantitative estimate of drug-likeness (QED) is 0.647. The molecule has 6 rings (SSSR count). The largest absolute Gasteiger partial charge is 0.495 e. The minimum Gasteiger partial charge on any atom is -0.495 e. The maximum Gasteiger partial charge on any atom is 0.143 e. The van der Waals surface area contributed by atoms with Crippen LogP contribution in [-0.2, 0) is 11.2 Å². The summed E-state index contributed by atoms with van der Waals surface area (Å²) in [7, 11) is 3.53. The molecule has 3 unspecified atom stereocenters. The second-order valence-electron chi connectivity index (χ2n) is 10.5. The van der Waals surface area contributed by atoms with E-state index in [1.165, 1.54) is 30.4 Å². The van der Waals surface area contributed by atoms with E-state index in [0.717, 1.165) is 55.4 Å². The number of hydrogen-bond donors (Lipinski definition) is 1. The van der Waals surface area contributed by atoms with Crippen LogP contribution in [0, 0.1) is 17.8 Å². The average Bonchev–Trinajstić information content (AvgIpc) is 3.18. The van der Waals surface area contributed by atoms with E-state index in [-0.39, 0.29) is 17.0 Å². The summed E-state index contributed by atoms with van der Waals surface area (Å²) in [6.45, 7) is 3.77. The number of ether oxygens (including phenoxy) is 2. The van der Waals surface area contributed by atoms with E-state index in [9.17, 15) is 0 Å². The van der Waals surface area contributed by atoms with Gasteiger partial charge in [-0.15, -0.1) is 0 Å². The zero-order valence-corrected chi connectivity index (χ0v) is 21.0. The molecule has 2 fully saturated rings. The second-order valence-corrected chi connectivity index (χ2v) is 10.5. The topological polar surface area (TPSA) is 63.9 Å². The highest BCUT2D eigenvalue weighted by molar-refractivity contribution is 5.83. The van der Waals surface area contributed by atoms with Gasteiger partial charge in [-0.05, 0) is 62.3 Å². The number of rotatable bonds is 7. The standard InChI is InChI=1S/C28H35N5O2/c1-20-16-32(19-29-20)23-10-8-21(15-24(23)35-3)9-11-25-30-26-28(13-6-14-33(26)31-25)18-27(28)12-5-4-7-22(27)17-34-2/h4-5,7-8,10,15-16,19,26H,6,9,11-14,17-18H2,1-3H3,(H,30,31). The van der Waals surface area contributed by atoms with Crippen LogP contribution in [0.4, 0.5) is 0 Å². The molecule has 3 heterocycles. The van der Waals surface area contributed by atoms with Crippen LogP contribution in [-0.4, -0.2) is 53.9 Å². The monoisotopic (exact) mass is 473 g/mol. The molecule has 35 heavy (non-hydrogen) atoms. The van der Waals surface area contributed by atoms with Gasteiger partial charge in [0.1, 0.15) is 17.8 Å². The van der Waals surface area contributed by atoms with E-state index >= 15 is 0 Å². The fraction of sp³-hybridized carbons (Fsp3) is 0.500. The number of aryl methyl sites for hydroxylation is 2. The number of amidine groups is 1. The average molecular weight is 474 g/mol. The third-order valence-corrected chi connectivity index (χ3v) is 8.51. The van der Waals surface area contributed by atoms with Gasteiger partial charge in [0.05, 0.1) is 31.4 Å². The van der Waals surface area contributed by atoms with Crippen molar-refractivity contribution < 1.29 is 9.47 Å². The van der Waals surface area contributed by atoms with Gasteiger partial charge in [-0.25, -0.2) is 4.98 Å². The van der Waals surface area contributed by atoms with Crippen LogP contribution in [0.1, 0.15) is 43.4 Å². The first-order valence-electron chi connectivity index (χ1n) is 12.7. The lowest BCUT2D eigenvalue weighted by molar-refractivity contribution is 0.0535. The molecule has 2 spiro atoms. The van der Waals surface area contributed by atoms with Gasteiger partial charge < -0.3 is 19.5 Å². The summed E-state index contributed by atoms with van der Waals surface area (Å²) >= 11 is 0. The Balaban J connectivity index is 1.18. The van der Waals surface area contributed by atoms with Gasteiger partial charge in [0, 0.05) is 37.1 Å². The lowest BCUT2D eigenvalue weighted by Crippen LogP contribution is -2.50. The number of fused-ring (bicyclic) bond motifs is 3. The molecule has 2 aromatic rings. The van der Waals surface area contributed by atoms with E-state index in [0.29, 0.717) is 0 Å². The molecule has 1 saturated heterocycles. The molecule has 2 aliphatic carbocycles. The van der Waals surface area contributed by atoms with Crippen LogP contribution < -0.4 is 10.2 Å². The van der Waals surface area contributed by atoms with E-state index < -0.39 is 0 Å². The molecule has 0 radical (unpaired) electrons. The summed E-state index contributed by atoms with van der Waals surface area (Å²) < 4.78 is 13.3. The first kappa shape index (κ1) is 22.6. The molecule has 1 aromatic carbocycles. The first-order chi connectivity index (χ1) is 17.1. The normalized spacial score (nSPS) is 29.2. The van der Waals surface area contributed by atoms with Crippen molar-refractivity contribution in [3.63, 3.8) is 0 Å². The number of aliphatic imine (C=N–C) groups is 1. The minimum atomic E-state index is 0.219. The number of hydrogen-bond acceptors (Lipinski definition) is 6. The van der Waals surface area contributed by atoms with Gasteiger partial charge in [0.15, 0.2) is 0 Å². The number of nitrogens with one attached hydrogen (secondary N) is 1. The Bertz CT molecular complexity index is 1210. The molecule has 4 aliphatic rings. The highest BCUT2D eigenvalue weighted by Gasteiger charge is 2.73. The van der Waals surface area contributed by atoms with Crippen LogP contribution in [0.25, 0.3) is 5.69 Å². The van der Waals surface area contributed by atoms with Crippen LogP contribution in [0.2, 0.25) is 0 Å². The van der Waals surface area contributed by atoms with Crippen LogP contribution in [0.3, 0.4) is 0 Å². The molecule has 1 aromatic heterocycles. The molecule has 1 saturated carbocycles. The summed E-state index contributed by atoms with van der Waals surface area (Å²) in [6, 6.07) is 6.44. The van der Waals surface area contributed by atoms with Crippen LogP contribution in [0.15, 0.2) is 59.5 Å². The van der Waals surface area contributed by atoms with E-state index in [1.54, 1.807) is 14.2 Å². The zero-order chi connectivity index (χ0) is 24.0. The molecular weight excluding hydrogens is 438 g/mol. The van der Waals surface area contributed by atoms with Gasteiger partial charge in [-0.1, -0.05) is 24.3 Å². The van der Waals surface area contributed by atoms with Crippen molar-refractivity contribution in [2.75, 3.05) is 27.4 Å². The van der Waals surface area contributed by atoms with Crippen molar-refractivity contribution in [1.29, 1.82) is 0 Å². The van der Waals surface area contributed by atoms with Crippen LogP contribution >= 0.6 is 0 Å². The van der Waals surface area contributed by atoms with E-state index in [1.807, 2.05) is 24.0 Å². The van der Waals surface area contributed by atoms with Crippen LogP contribution in [0.5, 0.6) is 5.75 Å². The summed E-state index contributed by atoms with van der Waals surface area (Å²) in [4.78, 5) is 9.63. The Kier molecular flexibility index (Phi) is 5.57. The Morgan fingerprint density at radius 3 is 2.94 bits per heavy atom. The number of allylic oxidation sites excluding steroid dienone is 3. The van der Waals surface area contributed by atoms with Gasteiger partial charge in [-0.2, -0.15) is 5.01 Å². The number of piperidine rings is 1. The SMILES string of the molecule is COCC1=CC=CCC12CC21CCCN2NC(CCc3ccc(-n4cnc(C)c4)c(OC)c3)=NC21. The van der Waals surface area contributed by atoms with Gasteiger partial charge in [0.2, 0.25) is 0 Å². The van der Waals surface area contributed by atoms with Crippen molar-refractivity contribution in [2.24, 2.45) is 15.8 Å². The number of imidazole rings is 1. The first-order valence-corrected chi connectivity index (χ1v) is 12.7. The molecule has 1 N–H and O–H groups in total. The van der Waals surface area contributed by atoms with Gasteiger partial charge >= 0.3 is 0 Å². The Morgan fingerprint density at radius 2 is 2.14 bits per heavy atom. The molecular formula is C28H35N5O2. The van der Waals surface area contributed by atoms with Crippen molar-refractivity contribution in [2.45, 2.75) is 51.6 Å². The van der Waals surface area contributed by atoms with E-state index in [4.69, 9.17) is 14.5 Å². The summed E-state index contributed by atoms with van der Waals surface area (Å²) in [6.07, 6.45) is 17.5. The van der Waals surface area contributed by atoms with Crippen molar-refractivity contribution in [1.82, 2.24) is 20.0 Å². The third kappa shape index (κ3) is 3.64. The molecule has 3 atom stereocenters. The molecule has 0 amide bonds. The van der Waals surface area contributed by atoms with Crippen molar-refractivity contribution in [3.8, 4) is 11.4 Å². The predicted octanol–water partition coefficient (Wildman–Crippen LogP) is 4.37. The second kappa shape index (κ2) is 8.64. The van der Waals surface area contributed by atoms with E-state index in [2.05, 4.69) is 51.8 Å². The molecule has 184 valence electrons. The number of benzene rings is 1. The number of aromatic nitrogens is 2. The summed E-state index contributed by atoms with van der Waals surface area (Å²) in [5, 5.41) is 2.40. The fourth-order valence-electron chi connectivity index (χ4n) is 6.75. The molecule has 0 bridgehead atoms. The zero-order valence-electron chi connectivity index (χ0n) is 21.0. The lowest BCUT2D eigenvalue weighted by Gasteiger charge is -2.39. The highest BCUT2D eigenvalue weighted by atomic mass is 16.5. The third-order valence-electron chi connectivity index (χ3n) is 8.51. The van der Waals surface area contributed by atoms with Crippen molar-refractivity contribution in [3.05, 3.63) is 65.8 Å². The Hall–Kier alpha value is -2.90. The van der Waals surface area contributed by atoms with Gasteiger partial charge in [0.25, 0.3) is 0 Å². The Labute approximate surface area is 207 Å². The maximum atomic E-state index is 5.70. The number of hydrazine groups is 1. The fourth-order valence-corrected chi connectivity index (χ4v) is 6.75. The Morgan fingerprint density at radius 1 is 1.23 bits per heavy atom. The predicted molar refractivity (Wildman–Crippen MR) is 137 cm³/mol.